The van der Waals surface area contributed by atoms with Gasteiger partial charge in [0.15, 0.2) is 0 Å². The number of halogens is 2. The van der Waals surface area contributed by atoms with Crippen LogP contribution >= 0.6 is 34.2 Å². The zero-order valence-electron chi connectivity index (χ0n) is 10.6. The van der Waals surface area contributed by atoms with E-state index in [-0.39, 0.29) is 6.03 Å². The Labute approximate surface area is 135 Å². The third-order valence-electron chi connectivity index (χ3n) is 2.53. The van der Waals surface area contributed by atoms with Gasteiger partial charge in [-0.05, 0) is 65.1 Å². The summed E-state index contributed by atoms with van der Waals surface area (Å²) in [6.45, 7) is 0. The number of carbonyl (C=O) groups excluding carboxylic acids is 1. The molecule has 2 N–H and O–H groups in total. The van der Waals surface area contributed by atoms with Crippen molar-refractivity contribution in [1.82, 2.24) is 0 Å². The Morgan fingerprint density at radius 1 is 1.15 bits per heavy atom. The average Bonchev–Trinajstić information content (AvgIpc) is 2.43. The number of urea groups is 1. The molecule has 2 aromatic carbocycles. The molecule has 104 valence electrons. The molecular formula is C14H12ClIN2O2. The lowest BCUT2D eigenvalue weighted by molar-refractivity contribution is 0.262. The Hall–Kier alpha value is -1.47. The lowest BCUT2D eigenvalue weighted by atomic mass is 10.3. The lowest BCUT2D eigenvalue weighted by Crippen LogP contribution is -2.19. The van der Waals surface area contributed by atoms with E-state index < -0.39 is 0 Å². The molecule has 0 spiro atoms. The molecule has 0 radical (unpaired) electrons. The first-order chi connectivity index (χ1) is 9.58. The van der Waals surface area contributed by atoms with E-state index in [9.17, 15) is 4.79 Å². The summed E-state index contributed by atoms with van der Waals surface area (Å²) in [7, 11) is 1.59. The van der Waals surface area contributed by atoms with Gasteiger partial charge < -0.3 is 15.4 Å². The average molecular weight is 403 g/mol. The maximum atomic E-state index is 11.9. The van der Waals surface area contributed by atoms with Crippen molar-refractivity contribution in [3.63, 3.8) is 0 Å². The molecule has 4 nitrogen and oxygen atoms in total. The highest BCUT2D eigenvalue weighted by Crippen LogP contribution is 2.22. The number of hydrogen-bond acceptors (Lipinski definition) is 2. The molecule has 0 aliphatic heterocycles. The number of carbonyl (C=O) groups is 1. The van der Waals surface area contributed by atoms with Crippen LogP contribution in [0.4, 0.5) is 16.2 Å². The van der Waals surface area contributed by atoms with E-state index in [4.69, 9.17) is 16.3 Å². The van der Waals surface area contributed by atoms with Crippen molar-refractivity contribution in [1.29, 1.82) is 0 Å². The number of rotatable bonds is 3. The summed E-state index contributed by atoms with van der Waals surface area (Å²) in [5.41, 5.74) is 1.40. The summed E-state index contributed by atoms with van der Waals surface area (Å²) >= 11 is 7.98. The highest BCUT2D eigenvalue weighted by Gasteiger charge is 2.06. The molecule has 2 aromatic rings. The molecule has 0 aromatic heterocycles. The molecular weight excluding hydrogens is 391 g/mol. The Morgan fingerprint density at radius 2 is 1.85 bits per heavy atom. The van der Waals surface area contributed by atoms with Crippen molar-refractivity contribution in [2.75, 3.05) is 17.7 Å². The Morgan fingerprint density at radius 3 is 2.45 bits per heavy atom. The third kappa shape index (κ3) is 4.01. The highest BCUT2D eigenvalue weighted by atomic mass is 127. The van der Waals surface area contributed by atoms with E-state index in [0.29, 0.717) is 16.4 Å². The van der Waals surface area contributed by atoms with Gasteiger partial charge in [0.05, 0.1) is 12.8 Å². The summed E-state index contributed by atoms with van der Waals surface area (Å²) in [6, 6.07) is 12.1. The van der Waals surface area contributed by atoms with Crippen molar-refractivity contribution in [2.24, 2.45) is 0 Å². The predicted octanol–water partition coefficient (Wildman–Crippen LogP) is 4.60. The fourth-order valence-corrected chi connectivity index (χ4v) is 2.56. The summed E-state index contributed by atoms with van der Waals surface area (Å²) in [6.07, 6.45) is 0. The van der Waals surface area contributed by atoms with Gasteiger partial charge in [0.25, 0.3) is 0 Å². The maximum absolute atomic E-state index is 11.9. The summed E-state index contributed by atoms with van der Waals surface area (Å²) in [5, 5.41) is 6.14. The second kappa shape index (κ2) is 6.81. The number of nitrogens with one attached hydrogen (secondary N) is 2. The van der Waals surface area contributed by atoms with Gasteiger partial charge in [0.2, 0.25) is 0 Å². The molecule has 2 amide bonds. The van der Waals surface area contributed by atoms with Gasteiger partial charge in [0.1, 0.15) is 5.75 Å². The van der Waals surface area contributed by atoms with Crippen molar-refractivity contribution in [2.45, 2.75) is 0 Å². The largest absolute Gasteiger partial charge is 0.497 e. The van der Waals surface area contributed by atoms with Crippen molar-refractivity contribution in [3.05, 3.63) is 51.1 Å². The van der Waals surface area contributed by atoms with Gasteiger partial charge in [-0.15, -0.1) is 0 Å². The molecule has 20 heavy (non-hydrogen) atoms. The van der Waals surface area contributed by atoms with Crippen LogP contribution < -0.4 is 15.4 Å². The van der Waals surface area contributed by atoms with Crippen LogP contribution in [0.2, 0.25) is 5.02 Å². The number of ether oxygens (including phenoxy) is 1. The minimum Gasteiger partial charge on any atom is -0.497 e. The maximum Gasteiger partial charge on any atom is 0.323 e. The molecule has 2 rings (SSSR count). The molecule has 0 atom stereocenters. The van der Waals surface area contributed by atoms with E-state index in [1.54, 1.807) is 49.6 Å². The monoisotopic (exact) mass is 402 g/mol. The standard InChI is InChI=1S/C14H12ClIN2O2/c1-20-11-5-3-10(4-6-11)17-14(19)18-13-7-2-9(15)8-12(13)16/h2-8H,1H3,(H2,17,18,19). The molecule has 0 unspecified atom stereocenters. The fraction of sp³-hybridized carbons (Fsp3) is 0.0714. The third-order valence-corrected chi connectivity index (χ3v) is 3.65. The first kappa shape index (κ1) is 14.9. The molecule has 0 bridgehead atoms. The van der Waals surface area contributed by atoms with Gasteiger partial charge in [-0.2, -0.15) is 0 Å². The fourth-order valence-electron chi connectivity index (χ4n) is 1.55. The second-order valence-electron chi connectivity index (χ2n) is 3.93. The van der Waals surface area contributed by atoms with Crippen molar-refractivity contribution < 1.29 is 9.53 Å². The zero-order valence-corrected chi connectivity index (χ0v) is 13.5. The van der Waals surface area contributed by atoms with Gasteiger partial charge in [-0.25, -0.2) is 4.79 Å². The summed E-state index contributed by atoms with van der Waals surface area (Å²) in [5.74, 6) is 0.739. The zero-order chi connectivity index (χ0) is 14.5. The van der Waals surface area contributed by atoms with E-state index in [2.05, 4.69) is 33.2 Å². The molecule has 0 saturated heterocycles. The topological polar surface area (TPSA) is 50.4 Å². The minimum absolute atomic E-state index is 0.310. The van der Waals surface area contributed by atoms with E-state index in [1.807, 2.05) is 0 Å². The highest BCUT2D eigenvalue weighted by molar-refractivity contribution is 14.1. The number of methoxy groups -OCH3 is 1. The second-order valence-corrected chi connectivity index (χ2v) is 5.53. The molecule has 6 heteroatoms. The Kier molecular flexibility index (Phi) is 5.08. The Bertz CT molecular complexity index is 617. The first-order valence-electron chi connectivity index (χ1n) is 5.75. The summed E-state index contributed by atoms with van der Waals surface area (Å²) < 4.78 is 5.93. The van der Waals surface area contributed by atoms with E-state index >= 15 is 0 Å². The van der Waals surface area contributed by atoms with Crippen LogP contribution in [0.3, 0.4) is 0 Å². The molecule has 0 heterocycles. The quantitative estimate of drug-likeness (QED) is 0.737. The normalized spacial score (nSPS) is 9.95. The van der Waals surface area contributed by atoms with Crippen molar-refractivity contribution in [3.8, 4) is 5.75 Å². The van der Waals surface area contributed by atoms with Crippen LogP contribution in [0.5, 0.6) is 5.75 Å². The molecule has 0 aliphatic rings. The number of hydrogen-bond donors (Lipinski definition) is 2. The van der Waals surface area contributed by atoms with Crippen LogP contribution in [0.15, 0.2) is 42.5 Å². The van der Waals surface area contributed by atoms with E-state index in [0.717, 1.165) is 9.32 Å². The SMILES string of the molecule is COc1ccc(NC(=O)Nc2ccc(Cl)cc2I)cc1. The summed E-state index contributed by atoms with van der Waals surface area (Å²) in [4.78, 5) is 11.9. The Balaban J connectivity index is 2.01. The molecule has 0 fully saturated rings. The van der Waals surface area contributed by atoms with Gasteiger partial charge >= 0.3 is 6.03 Å². The smallest absolute Gasteiger partial charge is 0.323 e. The van der Waals surface area contributed by atoms with Gasteiger partial charge in [0, 0.05) is 14.3 Å². The molecule has 0 saturated carbocycles. The number of benzene rings is 2. The first-order valence-corrected chi connectivity index (χ1v) is 7.21. The van der Waals surface area contributed by atoms with Crippen LogP contribution in [0.25, 0.3) is 0 Å². The minimum atomic E-state index is -0.310. The van der Waals surface area contributed by atoms with Crippen LogP contribution in [-0.4, -0.2) is 13.1 Å². The van der Waals surface area contributed by atoms with Gasteiger partial charge in [-0.1, -0.05) is 11.6 Å². The van der Waals surface area contributed by atoms with Crippen LogP contribution in [0, 0.1) is 3.57 Å². The van der Waals surface area contributed by atoms with Crippen molar-refractivity contribution >= 4 is 51.6 Å². The predicted molar refractivity (Wildman–Crippen MR) is 89.8 cm³/mol. The van der Waals surface area contributed by atoms with Gasteiger partial charge in [-0.3, -0.25) is 0 Å². The lowest BCUT2D eigenvalue weighted by Gasteiger charge is -2.10. The van der Waals surface area contributed by atoms with Crippen LogP contribution in [-0.2, 0) is 0 Å². The van der Waals surface area contributed by atoms with Crippen LogP contribution in [0.1, 0.15) is 0 Å². The van der Waals surface area contributed by atoms with E-state index in [1.165, 1.54) is 0 Å². The number of amides is 2. The number of anilines is 2. The molecule has 0 aliphatic carbocycles.